The molecule has 0 radical (unpaired) electrons. The van der Waals surface area contributed by atoms with Gasteiger partial charge < -0.3 is 5.32 Å². The molecule has 0 spiro atoms. The Morgan fingerprint density at radius 1 is 0.900 bits per heavy atom. The molecule has 1 atom stereocenters. The molecule has 0 aliphatic heterocycles. The van der Waals surface area contributed by atoms with Crippen molar-refractivity contribution in [1.29, 1.82) is 0 Å². The molecule has 4 aromatic rings. The van der Waals surface area contributed by atoms with Gasteiger partial charge >= 0.3 is 6.18 Å². The third-order valence-corrected chi connectivity index (χ3v) is 5.70. The van der Waals surface area contributed by atoms with Gasteiger partial charge in [-0.15, -0.1) is 5.10 Å². The molecule has 40 heavy (non-hydrogen) atoms. The molecule has 0 saturated carbocycles. The summed E-state index contributed by atoms with van der Waals surface area (Å²) in [5, 5.41) is 18.0. The Labute approximate surface area is 225 Å². The van der Waals surface area contributed by atoms with Crippen molar-refractivity contribution in [3.8, 4) is 0 Å². The Kier molecular flexibility index (Phi) is 9.19. The van der Waals surface area contributed by atoms with Crippen molar-refractivity contribution >= 4 is 11.7 Å². The van der Waals surface area contributed by atoms with Gasteiger partial charge in [-0.05, 0) is 49.2 Å². The van der Waals surface area contributed by atoms with Gasteiger partial charge in [-0.25, -0.2) is 9.07 Å². The zero-order chi connectivity index (χ0) is 28.5. The average Bonchev–Trinajstić information content (AvgIpc) is 3.40. The Morgan fingerprint density at radius 2 is 1.65 bits per heavy atom. The van der Waals surface area contributed by atoms with E-state index >= 15 is 0 Å². The number of Topliss-reactive ketones (excluding diaryl/α,β-unsaturated/α-hetero) is 1. The summed E-state index contributed by atoms with van der Waals surface area (Å²) in [6.45, 7) is -0.414. The van der Waals surface area contributed by atoms with E-state index in [1.807, 2.05) is 6.07 Å². The summed E-state index contributed by atoms with van der Waals surface area (Å²) in [4.78, 5) is 32.4. The quantitative estimate of drug-likeness (QED) is 0.264. The molecule has 1 N–H and O–H groups in total. The van der Waals surface area contributed by atoms with Crippen molar-refractivity contribution in [3.05, 3.63) is 95.1 Å². The molecule has 0 bridgehead atoms. The lowest BCUT2D eigenvalue weighted by molar-refractivity contribution is -0.137. The van der Waals surface area contributed by atoms with E-state index in [0.717, 1.165) is 18.3 Å². The molecule has 0 aromatic carbocycles. The van der Waals surface area contributed by atoms with E-state index in [1.54, 1.807) is 30.5 Å². The number of amides is 1. The maximum absolute atomic E-state index is 14.6. The van der Waals surface area contributed by atoms with Crippen LogP contribution in [0.25, 0.3) is 0 Å². The van der Waals surface area contributed by atoms with Crippen molar-refractivity contribution in [1.82, 2.24) is 40.5 Å². The first-order chi connectivity index (χ1) is 19.2. The average molecular weight is 557 g/mol. The molecule has 14 heteroatoms. The van der Waals surface area contributed by atoms with E-state index in [4.69, 9.17) is 0 Å². The fourth-order valence-corrected chi connectivity index (χ4v) is 3.69. The molecule has 10 nitrogen and oxygen atoms in total. The van der Waals surface area contributed by atoms with E-state index in [-0.39, 0.29) is 49.5 Å². The highest BCUT2D eigenvalue weighted by Gasteiger charge is 2.30. The Morgan fingerprint density at radius 3 is 2.38 bits per heavy atom. The van der Waals surface area contributed by atoms with Crippen LogP contribution in [0.4, 0.5) is 17.6 Å². The van der Waals surface area contributed by atoms with Gasteiger partial charge in [-0.1, -0.05) is 11.3 Å². The molecule has 1 unspecified atom stereocenters. The molecule has 208 valence electrons. The minimum Gasteiger partial charge on any atom is -0.345 e. The molecule has 0 fully saturated rings. The van der Waals surface area contributed by atoms with Crippen molar-refractivity contribution in [3.63, 3.8) is 0 Å². The van der Waals surface area contributed by atoms with E-state index in [0.29, 0.717) is 23.5 Å². The summed E-state index contributed by atoms with van der Waals surface area (Å²) in [7, 11) is 0. The number of hydrogen-bond acceptors (Lipinski definition) is 8. The summed E-state index contributed by atoms with van der Waals surface area (Å²) >= 11 is 0. The van der Waals surface area contributed by atoms with E-state index in [2.05, 4.69) is 35.8 Å². The van der Waals surface area contributed by atoms with Crippen LogP contribution in [0.3, 0.4) is 0 Å². The first-order valence-electron chi connectivity index (χ1n) is 12.2. The predicted molar refractivity (Wildman–Crippen MR) is 132 cm³/mol. The van der Waals surface area contributed by atoms with Gasteiger partial charge in [-0.3, -0.25) is 19.6 Å². The summed E-state index contributed by atoms with van der Waals surface area (Å²) in [5.41, 5.74) is 0.785. The summed E-state index contributed by atoms with van der Waals surface area (Å²) in [5.74, 6) is -0.729. The van der Waals surface area contributed by atoms with Crippen LogP contribution in [0.1, 0.15) is 45.2 Å². The second kappa shape index (κ2) is 13.0. The number of carbonyl (C=O) groups is 2. The van der Waals surface area contributed by atoms with Gasteiger partial charge in [0.2, 0.25) is 0 Å². The molecule has 1 amide bonds. The highest BCUT2D eigenvalue weighted by Crippen LogP contribution is 2.28. The molecule has 0 saturated heterocycles. The van der Waals surface area contributed by atoms with Crippen LogP contribution in [0.2, 0.25) is 0 Å². The van der Waals surface area contributed by atoms with Crippen LogP contribution in [0.5, 0.6) is 0 Å². The minimum absolute atomic E-state index is 0.0200. The fraction of sp³-hybridized carbons (Fsp3) is 0.308. The SMILES string of the molecule is O=C(Cc1ccccn1)Cc1ccc(CCC(F)Cn2cc(C(=O)NCc3cc(C(F)(F)F)ccn3)nn2)nn1. The number of rotatable bonds is 12. The maximum Gasteiger partial charge on any atom is 0.416 e. The standard InChI is InChI=1S/C26H24F4N8O2/c27-18(4-5-19-6-7-21(35-34-19)13-23(39)12-20-3-1-2-9-31-20)15-38-16-24(36-37-38)25(40)33-14-22-11-17(8-10-32-22)26(28,29)30/h1-3,6-11,16,18H,4-5,12-15H2,(H,33,40). The van der Waals surface area contributed by atoms with Gasteiger partial charge in [0.15, 0.2) is 5.69 Å². The highest BCUT2D eigenvalue weighted by atomic mass is 19.4. The number of carbonyl (C=O) groups excluding carboxylic acids is 2. The number of pyridine rings is 2. The lowest BCUT2D eigenvalue weighted by Crippen LogP contribution is -2.24. The zero-order valence-electron chi connectivity index (χ0n) is 21.1. The van der Waals surface area contributed by atoms with Crippen molar-refractivity contribution < 1.29 is 27.2 Å². The fourth-order valence-electron chi connectivity index (χ4n) is 3.69. The van der Waals surface area contributed by atoms with Gasteiger partial charge in [-0.2, -0.15) is 23.4 Å². The largest absolute Gasteiger partial charge is 0.416 e. The number of ketones is 1. The lowest BCUT2D eigenvalue weighted by atomic mass is 10.1. The number of nitrogens with zero attached hydrogens (tertiary/aromatic N) is 7. The topological polar surface area (TPSA) is 128 Å². The third-order valence-electron chi connectivity index (χ3n) is 5.70. The van der Waals surface area contributed by atoms with Crippen LogP contribution < -0.4 is 5.32 Å². The number of nitrogens with one attached hydrogen (secondary N) is 1. The number of aromatic nitrogens is 7. The first-order valence-corrected chi connectivity index (χ1v) is 12.2. The van der Waals surface area contributed by atoms with Crippen molar-refractivity contribution in [2.75, 3.05) is 0 Å². The maximum atomic E-state index is 14.6. The minimum atomic E-state index is -4.52. The van der Waals surface area contributed by atoms with Crippen LogP contribution in [-0.4, -0.2) is 53.0 Å². The second-order valence-electron chi connectivity index (χ2n) is 8.91. The van der Waals surface area contributed by atoms with E-state index in [1.165, 1.54) is 10.9 Å². The summed E-state index contributed by atoms with van der Waals surface area (Å²) in [6, 6.07) is 10.4. The zero-order valence-corrected chi connectivity index (χ0v) is 21.1. The predicted octanol–water partition coefficient (Wildman–Crippen LogP) is 3.13. The molecule has 4 rings (SSSR count). The monoisotopic (exact) mass is 556 g/mol. The molecule has 0 aliphatic rings. The van der Waals surface area contributed by atoms with E-state index in [9.17, 15) is 27.2 Å². The van der Waals surface area contributed by atoms with Crippen LogP contribution in [0, 0.1) is 0 Å². The number of halogens is 4. The third kappa shape index (κ3) is 8.44. The molecular formula is C26H24F4N8O2. The number of aryl methyl sites for hydroxylation is 1. The molecule has 4 heterocycles. The normalized spacial score (nSPS) is 12.2. The second-order valence-corrected chi connectivity index (χ2v) is 8.91. The molecule has 4 aromatic heterocycles. The van der Waals surface area contributed by atoms with Crippen LogP contribution in [0.15, 0.2) is 61.1 Å². The smallest absolute Gasteiger partial charge is 0.345 e. The first kappa shape index (κ1) is 28.4. The molecule has 0 aliphatic carbocycles. The van der Waals surface area contributed by atoms with Crippen LogP contribution >= 0.6 is 0 Å². The lowest BCUT2D eigenvalue weighted by Gasteiger charge is -2.08. The Balaban J connectivity index is 1.20. The summed E-state index contributed by atoms with van der Waals surface area (Å²) < 4.78 is 54.2. The van der Waals surface area contributed by atoms with Gasteiger partial charge in [0.1, 0.15) is 12.0 Å². The van der Waals surface area contributed by atoms with Gasteiger partial charge in [0.25, 0.3) is 5.91 Å². The van der Waals surface area contributed by atoms with Gasteiger partial charge in [0.05, 0.1) is 48.4 Å². The Hall–Kier alpha value is -4.62. The van der Waals surface area contributed by atoms with E-state index < -0.39 is 23.8 Å². The van der Waals surface area contributed by atoms with Gasteiger partial charge in [0, 0.05) is 24.5 Å². The number of hydrogen-bond donors (Lipinski definition) is 1. The van der Waals surface area contributed by atoms with Crippen molar-refractivity contribution in [2.45, 2.75) is 51.1 Å². The number of alkyl halides is 4. The highest BCUT2D eigenvalue weighted by molar-refractivity contribution is 5.91. The molecular weight excluding hydrogens is 532 g/mol. The van der Waals surface area contributed by atoms with Crippen molar-refractivity contribution in [2.24, 2.45) is 0 Å². The Bertz CT molecular complexity index is 1430. The van der Waals surface area contributed by atoms with Crippen LogP contribution in [-0.2, 0) is 43.3 Å². The summed E-state index contributed by atoms with van der Waals surface area (Å²) in [6.07, 6.45) is -1.25.